The summed E-state index contributed by atoms with van der Waals surface area (Å²) in [6.45, 7) is 6.77. The first-order valence-electron chi connectivity index (χ1n) is 6.00. The molecule has 0 aliphatic carbocycles. The third-order valence-electron chi connectivity index (χ3n) is 3.70. The van der Waals surface area contributed by atoms with Gasteiger partial charge in [-0.25, -0.2) is 0 Å². The molecule has 0 atom stereocenters. The smallest absolute Gasteiger partial charge is 0.115 e. The summed E-state index contributed by atoms with van der Waals surface area (Å²) in [6.07, 6.45) is 2.22. The molecule has 0 unspecified atom stereocenters. The van der Waals surface area contributed by atoms with Crippen molar-refractivity contribution in [3.63, 3.8) is 0 Å². The van der Waals surface area contributed by atoms with Gasteiger partial charge in [0, 0.05) is 6.54 Å². The highest BCUT2D eigenvalue weighted by Crippen LogP contribution is 2.34. The molecule has 88 valence electrons. The average Bonchev–Trinajstić information content (AvgIpc) is 2.23. The number of phenolic OH excluding ortho intramolecular Hbond substituents is 1. The van der Waals surface area contributed by atoms with Crippen LogP contribution in [0.25, 0.3) is 0 Å². The number of likely N-dealkylation sites (N-methyl/N-ethyl adjacent to an activating group) is 1. The zero-order valence-corrected chi connectivity index (χ0v) is 10.5. The maximum Gasteiger partial charge on any atom is 0.115 e. The number of phenols is 1. The van der Waals surface area contributed by atoms with E-state index in [2.05, 4.69) is 31.9 Å². The van der Waals surface area contributed by atoms with Crippen molar-refractivity contribution in [1.82, 2.24) is 4.90 Å². The van der Waals surface area contributed by atoms with Gasteiger partial charge < -0.3 is 10.0 Å². The summed E-state index contributed by atoms with van der Waals surface area (Å²) < 4.78 is 0. The molecular formula is C14H21NO. The van der Waals surface area contributed by atoms with Crippen LogP contribution in [0, 0.1) is 0 Å². The molecule has 0 fully saturated rings. The fourth-order valence-corrected chi connectivity index (χ4v) is 2.44. The van der Waals surface area contributed by atoms with Crippen LogP contribution in [0.2, 0.25) is 0 Å². The van der Waals surface area contributed by atoms with E-state index in [9.17, 15) is 5.11 Å². The Morgan fingerprint density at radius 3 is 2.75 bits per heavy atom. The minimum absolute atomic E-state index is 0.156. The topological polar surface area (TPSA) is 23.5 Å². The molecule has 1 aromatic carbocycles. The van der Waals surface area contributed by atoms with E-state index in [1.54, 1.807) is 6.07 Å². The number of hydrogen-bond donors (Lipinski definition) is 1. The van der Waals surface area contributed by atoms with E-state index in [4.69, 9.17) is 0 Å². The maximum absolute atomic E-state index is 9.62. The van der Waals surface area contributed by atoms with Crippen LogP contribution in [-0.2, 0) is 11.8 Å². The standard InChI is InChI=1S/C14H21NO/c1-14(2)7-9-15(3)8-6-11-4-5-12(16)10-13(11)14/h4-5,10,16H,6-9H2,1-3H3. The summed E-state index contributed by atoms with van der Waals surface area (Å²) in [5, 5.41) is 9.62. The molecule has 1 N–H and O–H groups in total. The van der Waals surface area contributed by atoms with E-state index < -0.39 is 0 Å². The first-order chi connectivity index (χ1) is 7.49. The lowest BCUT2D eigenvalue weighted by Crippen LogP contribution is -2.32. The quantitative estimate of drug-likeness (QED) is 0.725. The van der Waals surface area contributed by atoms with Crippen LogP contribution in [0.5, 0.6) is 5.75 Å². The van der Waals surface area contributed by atoms with Crippen molar-refractivity contribution in [2.24, 2.45) is 0 Å². The molecule has 1 aromatic rings. The maximum atomic E-state index is 9.62. The van der Waals surface area contributed by atoms with E-state index in [1.807, 2.05) is 6.07 Å². The Morgan fingerprint density at radius 1 is 1.25 bits per heavy atom. The van der Waals surface area contributed by atoms with E-state index in [-0.39, 0.29) is 5.41 Å². The van der Waals surface area contributed by atoms with Crippen molar-refractivity contribution in [3.8, 4) is 5.75 Å². The Kier molecular flexibility index (Phi) is 2.94. The van der Waals surface area contributed by atoms with E-state index in [0.29, 0.717) is 5.75 Å². The molecule has 0 saturated heterocycles. The predicted molar refractivity (Wildman–Crippen MR) is 67.0 cm³/mol. The highest BCUT2D eigenvalue weighted by Gasteiger charge is 2.26. The first-order valence-corrected chi connectivity index (χ1v) is 6.00. The SMILES string of the molecule is CN1CCc2ccc(O)cc2C(C)(C)CC1. The van der Waals surface area contributed by atoms with Gasteiger partial charge in [0.1, 0.15) is 5.75 Å². The third kappa shape index (κ3) is 2.22. The summed E-state index contributed by atoms with van der Waals surface area (Å²) in [4.78, 5) is 2.39. The molecule has 0 aromatic heterocycles. The van der Waals surface area contributed by atoms with Crippen LogP contribution >= 0.6 is 0 Å². The average molecular weight is 219 g/mol. The van der Waals surface area contributed by atoms with Gasteiger partial charge in [-0.2, -0.15) is 0 Å². The van der Waals surface area contributed by atoms with Gasteiger partial charge in [0.2, 0.25) is 0 Å². The van der Waals surface area contributed by atoms with Gasteiger partial charge >= 0.3 is 0 Å². The molecule has 0 spiro atoms. The van der Waals surface area contributed by atoms with Crippen LogP contribution in [0.1, 0.15) is 31.4 Å². The second-order valence-corrected chi connectivity index (χ2v) is 5.53. The van der Waals surface area contributed by atoms with Gasteiger partial charge in [-0.1, -0.05) is 19.9 Å². The Bertz CT molecular complexity index is 384. The summed E-state index contributed by atoms with van der Waals surface area (Å²) in [6, 6.07) is 5.82. The summed E-state index contributed by atoms with van der Waals surface area (Å²) in [5.74, 6) is 0.390. The van der Waals surface area contributed by atoms with E-state index in [0.717, 1.165) is 25.9 Å². The van der Waals surface area contributed by atoms with Gasteiger partial charge in [0.15, 0.2) is 0 Å². The lowest BCUT2D eigenvalue weighted by molar-refractivity contribution is 0.285. The lowest BCUT2D eigenvalue weighted by atomic mass is 9.77. The number of aromatic hydroxyl groups is 1. The molecule has 2 rings (SSSR count). The molecule has 1 aliphatic heterocycles. The second kappa shape index (κ2) is 4.10. The van der Waals surface area contributed by atoms with Gasteiger partial charge in [0.25, 0.3) is 0 Å². The molecule has 0 amide bonds. The summed E-state index contributed by atoms with van der Waals surface area (Å²) >= 11 is 0. The van der Waals surface area contributed by atoms with Crippen LogP contribution < -0.4 is 0 Å². The Hall–Kier alpha value is -1.02. The molecule has 0 saturated carbocycles. The number of nitrogens with zero attached hydrogens (tertiary/aromatic N) is 1. The monoisotopic (exact) mass is 219 g/mol. The Morgan fingerprint density at radius 2 is 2.00 bits per heavy atom. The number of hydrogen-bond acceptors (Lipinski definition) is 2. The van der Waals surface area contributed by atoms with Crippen molar-refractivity contribution in [1.29, 1.82) is 0 Å². The fraction of sp³-hybridized carbons (Fsp3) is 0.571. The van der Waals surface area contributed by atoms with Crippen molar-refractivity contribution in [2.45, 2.75) is 32.1 Å². The zero-order valence-electron chi connectivity index (χ0n) is 10.5. The largest absolute Gasteiger partial charge is 0.508 e. The highest BCUT2D eigenvalue weighted by molar-refractivity contribution is 5.40. The fourth-order valence-electron chi connectivity index (χ4n) is 2.44. The van der Waals surface area contributed by atoms with Crippen LogP contribution in [0.3, 0.4) is 0 Å². The van der Waals surface area contributed by atoms with Crippen molar-refractivity contribution in [3.05, 3.63) is 29.3 Å². The third-order valence-corrected chi connectivity index (χ3v) is 3.70. The predicted octanol–water partition coefficient (Wildman–Crippen LogP) is 2.55. The van der Waals surface area contributed by atoms with Crippen LogP contribution in [-0.4, -0.2) is 30.1 Å². The first kappa shape index (κ1) is 11.5. The van der Waals surface area contributed by atoms with E-state index in [1.165, 1.54) is 11.1 Å². The normalized spacial score (nSPS) is 20.9. The van der Waals surface area contributed by atoms with Crippen molar-refractivity contribution >= 4 is 0 Å². The zero-order chi connectivity index (χ0) is 11.8. The number of fused-ring (bicyclic) bond motifs is 1. The van der Waals surface area contributed by atoms with Gasteiger partial charge in [-0.05, 0) is 55.1 Å². The molecule has 16 heavy (non-hydrogen) atoms. The van der Waals surface area contributed by atoms with Gasteiger partial charge in [0.05, 0.1) is 0 Å². The lowest BCUT2D eigenvalue weighted by Gasteiger charge is -2.33. The molecule has 0 bridgehead atoms. The summed E-state index contributed by atoms with van der Waals surface area (Å²) in [7, 11) is 2.18. The minimum Gasteiger partial charge on any atom is -0.508 e. The number of benzene rings is 1. The summed E-state index contributed by atoms with van der Waals surface area (Å²) in [5.41, 5.74) is 2.86. The molecule has 2 heteroatoms. The van der Waals surface area contributed by atoms with Gasteiger partial charge in [-0.15, -0.1) is 0 Å². The van der Waals surface area contributed by atoms with Gasteiger partial charge in [-0.3, -0.25) is 0 Å². The van der Waals surface area contributed by atoms with Crippen LogP contribution in [0.15, 0.2) is 18.2 Å². The highest BCUT2D eigenvalue weighted by atomic mass is 16.3. The Balaban J connectivity index is 2.43. The second-order valence-electron chi connectivity index (χ2n) is 5.53. The van der Waals surface area contributed by atoms with E-state index >= 15 is 0 Å². The number of rotatable bonds is 0. The minimum atomic E-state index is 0.156. The van der Waals surface area contributed by atoms with Crippen molar-refractivity contribution < 1.29 is 5.11 Å². The Labute approximate surface area is 97.9 Å². The van der Waals surface area contributed by atoms with Crippen LogP contribution in [0.4, 0.5) is 0 Å². The molecule has 0 radical (unpaired) electrons. The molecule has 1 heterocycles. The molecule has 2 nitrogen and oxygen atoms in total. The van der Waals surface area contributed by atoms with Crippen molar-refractivity contribution in [2.75, 3.05) is 20.1 Å². The molecule has 1 aliphatic rings. The molecular weight excluding hydrogens is 198 g/mol.